The fraction of sp³-hybridized carbons (Fsp3) is 0.381. The fourth-order valence-corrected chi connectivity index (χ4v) is 5.35. The number of carboxylic acid groups (broad SMARTS) is 1. The SMILES string of the molecule is C=C/C=C(\C=C)C(NC(=O)C(C)NC)C(=O)N1CC(N(N)/C=C(\N)CCC(=O)Nc2ccc(CC(NC=O)C(=O)O)cc2)CC1C=O.CCNC.Cc1ccccc1. The Morgan fingerprint density at radius 3 is 2.16 bits per heavy atom. The van der Waals surface area contributed by atoms with E-state index in [2.05, 4.69) is 65.7 Å². The van der Waals surface area contributed by atoms with Gasteiger partial charge in [0.1, 0.15) is 18.4 Å². The largest absolute Gasteiger partial charge is 0.480 e. The minimum atomic E-state index is -1.16. The van der Waals surface area contributed by atoms with E-state index in [1.807, 2.05) is 25.2 Å². The molecule has 1 aliphatic rings. The molecule has 1 aliphatic heterocycles. The Hall–Kier alpha value is -6.10. The molecule has 1 saturated heterocycles. The second-order valence-corrected chi connectivity index (χ2v) is 13.3. The molecular formula is C42H61N9O7. The van der Waals surface area contributed by atoms with Crippen LogP contribution in [0.4, 0.5) is 5.69 Å². The van der Waals surface area contributed by atoms with Crippen molar-refractivity contribution < 1.29 is 33.9 Å². The predicted octanol–water partition coefficient (Wildman–Crippen LogP) is 1.90. The summed E-state index contributed by atoms with van der Waals surface area (Å²) in [6, 6.07) is 12.7. The zero-order chi connectivity index (χ0) is 43.6. The van der Waals surface area contributed by atoms with Crippen molar-refractivity contribution in [3.8, 4) is 0 Å². The molecule has 0 bridgehead atoms. The van der Waals surface area contributed by atoms with E-state index in [0.717, 1.165) is 6.54 Å². The molecule has 2 aromatic rings. The lowest BCUT2D eigenvalue weighted by atomic mass is 10.0. The fourth-order valence-electron chi connectivity index (χ4n) is 5.35. The van der Waals surface area contributed by atoms with Crippen molar-refractivity contribution in [3.63, 3.8) is 0 Å². The van der Waals surface area contributed by atoms with E-state index >= 15 is 0 Å². The molecule has 316 valence electrons. The number of nitrogens with two attached hydrogens (primary N) is 2. The van der Waals surface area contributed by atoms with Crippen LogP contribution in [0.15, 0.2) is 103 Å². The first-order valence-corrected chi connectivity index (χ1v) is 18.8. The minimum absolute atomic E-state index is 0.0287. The summed E-state index contributed by atoms with van der Waals surface area (Å²) in [5, 5.41) is 23.9. The van der Waals surface area contributed by atoms with Crippen molar-refractivity contribution in [2.45, 2.75) is 76.7 Å². The van der Waals surface area contributed by atoms with Crippen LogP contribution < -0.4 is 38.2 Å². The maximum atomic E-state index is 13.7. The highest BCUT2D eigenvalue weighted by Gasteiger charge is 2.40. The topological polar surface area (TPSA) is 241 Å². The second-order valence-electron chi connectivity index (χ2n) is 13.3. The first-order chi connectivity index (χ1) is 27.7. The van der Waals surface area contributed by atoms with E-state index in [4.69, 9.17) is 11.6 Å². The Morgan fingerprint density at radius 1 is 1.03 bits per heavy atom. The number of hydrazine groups is 1. The van der Waals surface area contributed by atoms with Crippen LogP contribution in [0, 0.1) is 6.92 Å². The quantitative estimate of drug-likeness (QED) is 0.0415. The summed E-state index contributed by atoms with van der Waals surface area (Å²) in [6.07, 6.45) is 7.38. The van der Waals surface area contributed by atoms with Gasteiger partial charge in [0, 0.05) is 37.0 Å². The van der Waals surface area contributed by atoms with Crippen LogP contribution in [0.3, 0.4) is 0 Å². The lowest BCUT2D eigenvalue weighted by molar-refractivity contribution is -0.140. The number of aryl methyl sites for hydroxylation is 1. The number of nitrogens with one attached hydrogen (secondary N) is 5. The number of hydrogen-bond donors (Lipinski definition) is 8. The summed E-state index contributed by atoms with van der Waals surface area (Å²) in [5.74, 6) is 3.85. The van der Waals surface area contributed by atoms with Crippen LogP contribution in [0.5, 0.6) is 0 Å². The zero-order valence-corrected chi connectivity index (χ0v) is 34.1. The summed E-state index contributed by atoms with van der Waals surface area (Å²) < 4.78 is 0. The number of aliphatic carboxylic acids is 1. The summed E-state index contributed by atoms with van der Waals surface area (Å²) >= 11 is 0. The number of rotatable bonds is 20. The van der Waals surface area contributed by atoms with Crippen LogP contribution in [-0.4, -0.2) is 109 Å². The third-order valence-corrected chi connectivity index (χ3v) is 8.92. The summed E-state index contributed by atoms with van der Waals surface area (Å²) in [4.78, 5) is 74.1. The van der Waals surface area contributed by atoms with Gasteiger partial charge in [0.05, 0.1) is 18.1 Å². The van der Waals surface area contributed by atoms with Crippen molar-refractivity contribution in [3.05, 3.63) is 115 Å². The van der Waals surface area contributed by atoms with Gasteiger partial charge in [-0.15, -0.1) is 0 Å². The van der Waals surface area contributed by atoms with E-state index in [-0.39, 0.29) is 38.1 Å². The number of benzene rings is 2. The predicted molar refractivity (Wildman–Crippen MR) is 227 cm³/mol. The summed E-state index contributed by atoms with van der Waals surface area (Å²) in [5.41, 5.74) is 9.31. The Balaban J connectivity index is 0.00000132. The first kappa shape index (κ1) is 49.9. The van der Waals surface area contributed by atoms with Gasteiger partial charge < -0.3 is 52.1 Å². The van der Waals surface area contributed by atoms with Crippen molar-refractivity contribution in [1.29, 1.82) is 0 Å². The van der Waals surface area contributed by atoms with Crippen LogP contribution in [-0.2, 0) is 35.2 Å². The average Bonchev–Trinajstić information content (AvgIpc) is 3.67. The molecule has 1 fully saturated rings. The monoisotopic (exact) mass is 803 g/mol. The number of likely N-dealkylation sites (tertiary alicyclic amines) is 1. The van der Waals surface area contributed by atoms with E-state index in [9.17, 15) is 33.9 Å². The molecule has 5 atom stereocenters. The summed E-state index contributed by atoms with van der Waals surface area (Å²) in [6.45, 7) is 14.3. The number of carbonyl (C=O) groups excluding carboxylic acids is 5. The molecule has 0 saturated carbocycles. The van der Waals surface area contributed by atoms with Crippen molar-refractivity contribution in [2.24, 2.45) is 11.6 Å². The average molecular weight is 804 g/mol. The molecule has 16 nitrogen and oxygen atoms in total. The molecule has 4 amide bonds. The van der Waals surface area contributed by atoms with E-state index in [1.54, 1.807) is 44.3 Å². The van der Waals surface area contributed by atoms with Crippen molar-refractivity contribution in [2.75, 3.05) is 32.5 Å². The Morgan fingerprint density at radius 2 is 1.67 bits per heavy atom. The Labute approximate surface area is 341 Å². The highest BCUT2D eigenvalue weighted by Crippen LogP contribution is 2.23. The van der Waals surface area contributed by atoms with Crippen LogP contribution in [0.2, 0.25) is 0 Å². The molecular weight excluding hydrogens is 743 g/mol. The molecule has 0 aliphatic carbocycles. The number of hydrogen-bond acceptors (Lipinski definition) is 11. The number of carbonyl (C=O) groups is 6. The molecule has 0 aromatic heterocycles. The molecule has 0 radical (unpaired) electrons. The van der Waals surface area contributed by atoms with Crippen LogP contribution in [0.25, 0.3) is 0 Å². The third-order valence-electron chi connectivity index (χ3n) is 8.92. The van der Waals surface area contributed by atoms with Gasteiger partial charge in [-0.2, -0.15) is 0 Å². The van der Waals surface area contributed by atoms with Gasteiger partial charge in [0.25, 0.3) is 0 Å². The molecule has 58 heavy (non-hydrogen) atoms. The Bertz CT molecular complexity index is 1700. The van der Waals surface area contributed by atoms with Gasteiger partial charge in [0.2, 0.25) is 24.1 Å². The standard InChI is InChI=1S/C32H44N8O7.C7H8.C3H9N/c1-5-7-22(6-2)29(38-30(44)20(3)35-4)31(45)39-17-25(15-26(39)18-41)40(34)16-23(33)10-13-28(43)37-24-11-8-21(9-12-24)14-27(32(46)47)36-19-42;1-7-5-3-2-4-6-7;1-3-4-2/h5-9,11-12,16,18-20,25-27,29,35H,1-2,10,13-15,17,33-34H2,3-4H3,(H,36,42)(H,37,43)(H,38,44)(H,46,47);2-6H,1H3;4H,3H2,1-2H3/b22-7+,23-16-;;. The number of anilines is 1. The highest BCUT2D eigenvalue weighted by molar-refractivity contribution is 5.94. The maximum absolute atomic E-state index is 13.7. The van der Waals surface area contributed by atoms with Crippen molar-refractivity contribution in [1.82, 2.24) is 31.2 Å². The first-order valence-electron chi connectivity index (χ1n) is 18.8. The van der Waals surface area contributed by atoms with Gasteiger partial charge >= 0.3 is 5.97 Å². The minimum Gasteiger partial charge on any atom is -0.480 e. The third kappa shape index (κ3) is 17.8. The highest BCUT2D eigenvalue weighted by atomic mass is 16.4. The molecule has 3 rings (SSSR count). The van der Waals surface area contributed by atoms with Gasteiger partial charge in [0.15, 0.2) is 0 Å². The number of aldehydes is 1. The van der Waals surface area contributed by atoms with Gasteiger partial charge in [-0.25, -0.2) is 10.6 Å². The molecule has 2 aromatic carbocycles. The summed E-state index contributed by atoms with van der Waals surface area (Å²) in [7, 11) is 3.54. The number of nitrogens with zero attached hydrogens (tertiary/aromatic N) is 2. The number of likely N-dealkylation sites (N-methyl/N-ethyl adjacent to an activating group) is 1. The lowest BCUT2D eigenvalue weighted by Gasteiger charge is -2.29. The van der Waals surface area contributed by atoms with Gasteiger partial charge in [-0.05, 0) is 70.6 Å². The smallest absolute Gasteiger partial charge is 0.326 e. The molecule has 10 N–H and O–H groups in total. The second kappa shape index (κ2) is 27.5. The van der Waals surface area contributed by atoms with Gasteiger partial charge in [-0.3, -0.25) is 19.2 Å². The maximum Gasteiger partial charge on any atom is 0.326 e. The van der Waals surface area contributed by atoms with Gasteiger partial charge in [-0.1, -0.05) is 86.3 Å². The van der Waals surface area contributed by atoms with E-state index in [0.29, 0.717) is 35.2 Å². The number of allylic oxidation sites excluding steroid dienone is 3. The number of amides is 4. The molecule has 1 heterocycles. The zero-order valence-electron chi connectivity index (χ0n) is 34.1. The van der Waals surface area contributed by atoms with Crippen LogP contribution >= 0.6 is 0 Å². The molecule has 5 unspecified atom stereocenters. The molecule has 0 spiro atoms. The lowest BCUT2D eigenvalue weighted by Crippen LogP contribution is -2.54. The number of carboxylic acids is 1. The van der Waals surface area contributed by atoms with Crippen LogP contribution in [0.1, 0.15) is 44.2 Å². The van der Waals surface area contributed by atoms with Crippen molar-refractivity contribution >= 4 is 42.1 Å². The van der Waals surface area contributed by atoms with E-state index < -0.39 is 48.0 Å². The van der Waals surface area contributed by atoms with E-state index in [1.165, 1.54) is 33.8 Å². The molecule has 16 heteroatoms. The Kier molecular flexibility index (Phi) is 23.7. The normalized spacial score (nSPS) is 16.3.